The van der Waals surface area contributed by atoms with Crippen LogP contribution in [0.1, 0.15) is 19.3 Å². The normalized spacial score (nSPS) is 15.6. The third-order valence-electron chi connectivity index (χ3n) is 3.38. The molecule has 5 nitrogen and oxygen atoms in total. The van der Waals surface area contributed by atoms with Crippen LogP contribution in [0.5, 0.6) is 0 Å². The highest BCUT2D eigenvalue weighted by molar-refractivity contribution is 5.80. The van der Waals surface area contributed by atoms with Gasteiger partial charge >= 0.3 is 0 Å². The van der Waals surface area contributed by atoms with Gasteiger partial charge in [0.05, 0.1) is 19.8 Å². The lowest BCUT2D eigenvalue weighted by Gasteiger charge is -2.31. The molecule has 0 radical (unpaired) electrons. The molecule has 1 aliphatic heterocycles. The molecule has 1 fully saturated rings. The summed E-state index contributed by atoms with van der Waals surface area (Å²) in [5, 5.41) is 0. The standard InChI is InChI=1S/C13H23N4.C2H6O/c1-17(2,15)12-8-6-7-11(13(12)14)16-9-4-3-5-10-16;1-3-2/h6-8H,3-5,9-10,14-15H2,1-2H3;1-2H3/q+1;. The molecule has 1 aromatic rings. The number of nitrogens with zero attached hydrogens (tertiary/aromatic N) is 2. The number of hydrogen-bond acceptors (Lipinski definition) is 4. The van der Waals surface area contributed by atoms with Crippen molar-refractivity contribution in [2.75, 3.05) is 52.0 Å². The van der Waals surface area contributed by atoms with Crippen LogP contribution in [0.3, 0.4) is 0 Å². The summed E-state index contributed by atoms with van der Waals surface area (Å²) >= 11 is 0. The number of ether oxygens (including phenoxy) is 1. The molecule has 4 N–H and O–H groups in total. The van der Waals surface area contributed by atoms with Crippen LogP contribution in [0.25, 0.3) is 0 Å². The Bertz CT molecular complexity index is 409. The van der Waals surface area contributed by atoms with E-state index in [2.05, 4.69) is 15.7 Å². The van der Waals surface area contributed by atoms with E-state index in [9.17, 15) is 0 Å². The zero-order chi connectivity index (χ0) is 15.2. The number of methoxy groups -OCH3 is 1. The summed E-state index contributed by atoms with van der Waals surface area (Å²) in [6.45, 7) is 2.21. The Kier molecular flexibility index (Phi) is 6.26. The minimum atomic E-state index is 0.271. The first-order valence-corrected chi connectivity index (χ1v) is 7.08. The van der Waals surface area contributed by atoms with Crippen LogP contribution in [0, 0.1) is 0 Å². The van der Waals surface area contributed by atoms with Gasteiger partial charge in [0.1, 0.15) is 5.69 Å². The Balaban J connectivity index is 0.000000612. The van der Waals surface area contributed by atoms with Gasteiger partial charge in [0.25, 0.3) is 0 Å². The second-order valence-electron chi connectivity index (χ2n) is 5.71. The molecule has 114 valence electrons. The van der Waals surface area contributed by atoms with Gasteiger partial charge in [-0.1, -0.05) is 6.07 Å². The van der Waals surface area contributed by atoms with E-state index in [0.29, 0.717) is 0 Å². The number of hydrogen-bond donors (Lipinski definition) is 2. The molecule has 0 spiro atoms. The minimum absolute atomic E-state index is 0.271. The molecule has 20 heavy (non-hydrogen) atoms. The average molecular weight is 281 g/mol. The van der Waals surface area contributed by atoms with Gasteiger partial charge in [0, 0.05) is 33.4 Å². The highest BCUT2D eigenvalue weighted by Crippen LogP contribution is 2.34. The van der Waals surface area contributed by atoms with Crippen molar-refractivity contribution in [2.24, 2.45) is 5.84 Å². The van der Waals surface area contributed by atoms with Gasteiger partial charge in [-0.2, -0.15) is 5.84 Å². The van der Waals surface area contributed by atoms with E-state index in [1.165, 1.54) is 19.3 Å². The maximum Gasteiger partial charge on any atom is 0.176 e. The van der Waals surface area contributed by atoms with Gasteiger partial charge in [0.15, 0.2) is 5.69 Å². The molecule has 1 aromatic carbocycles. The molecule has 0 aromatic heterocycles. The first-order chi connectivity index (χ1) is 9.41. The van der Waals surface area contributed by atoms with Crippen molar-refractivity contribution in [1.29, 1.82) is 0 Å². The quantitative estimate of drug-likeness (QED) is 0.376. The van der Waals surface area contributed by atoms with Crippen LogP contribution in [-0.2, 0) is 4.74 Å². The largest absolute Gasteiger partial charge is 0.392 e. The van der Waals surface area contributed by atoms with E-state index in [1.54, 1.807) is 14.2 Å². The first kappa shape index (κ1) is 16.8. The summed E-state index contributed by atoms with van der Waals surface area (Å²) in [6.07, 6.45) is 3.84. The molecule has 0 amide bonds. The van der Waals surface area contributed by atoms with Crippen molar-refractivity contribution < 1.29 is 4.74 Å². The molecule has 0 saturated carbocycles. The fourth-order valence-corrected chi connectivity index (χ4v) is 2.45. The fourth-order valence-electron chi connectivity index (χ4n) is 2.45. The molecule has 1 saturated heterocycles. The van der Waals surface area contributed by atoms with Gasteiger partial charge in [-0.3, -0.25) is 0 Å². The number of benzene rings is 1. The van der Waals surface area contributed by atoms with Crippen molar-refractivity contribution in [3.63, 3.8) is 0 Å². The molecule has 0 unspecified atom stereocenters. The summed E-state index contributed by atoms with van der Waals surface area (Å²) < 4.78 is 4.52. The molecule has 0 atom stereocenters. The molecule has 0 aliphatic carbocycles. The lowest BCUT2D eigenvalue weighted by molar-refractivity contribution is 0.277. The molecule has 5 heteroatoms. The number of rotatable bonds is 2. The molecule has 1 heterocycles. The number of piperidine rings is 1. The molecule has 1 aliphatic rings. The second kappa shape index (κ2) is 7.47. The lowest BCUT2D eigenvalue weighted by atomic mass is 10.1. The zero-order valence-corrected chi connectivity index (χ0v) is 13.2. The SMILES string of the molecule is COC.C[N+](C)(N)c1cccc(N2CCCCC2)c1N. The van der Waals surface area contributed by atoms with Gasteiger partial charge in [-0.05, 0) is 25.3 Å². The van der Waals surface area contributed by atoms with E-state index < -0.39 is 0 Å². The van der Waals surface area contributed by atoms with Crippen molar-refractivity contribution in [3.8, 4) is 0 Å². The highest BCUT2D eigenvalue weighted by atomic mass is 16.4. The topological polar surface area (TPSA) is 64.5 Å². The Morgan fingerprint density at radius 3 is 2.15 bits per heavy atom. The number of para-hydroxylation sites is 1. The van der Waals surface area contributed by atoms with Crippen molar-refractivity contribution in [1.82, 2.24) is 4.59 Å². The van der Waals surface area contributed by atoms with Gasteiger partial charge in [-0.25, -0.2) is 4.59 Å². The van der Waals surface area contributed by atoms with E-state index in [1.807, 2.05) is 26.2 Å². The summed E-state index contributed by atoms with van der Waals surface area (Å²) in [6, 6.07) is 6.14. The third kappa shape index (κ3) is 4.37. The van der Waals surface area contributed by atoms with Crippen molar-refractivity contribution in [2.45, 2.75) is 19.3 Å². The van der Waals surface area contributed by atoms with Crippen LogP contribution in [-0.4, -0.2) is 41.4 Å². The number of anilines is 2. The number of nitrogen functional groups attached to an aromatic ring is 1. The molecule has 0 bridgehead atoms. The smallest absolute Gasteiger partial charge is 0.176 e. The first-order valence-electron chi connectivity index (χ1n) is 7.08. The van der Waals surface area contributed by atoms with Crippen molar-refractivity contribution in [3.05, 3.63) is 18.2 Å². The highest BCUT2D eigenvalue weighted by Gasteiger charge is 2.22. The molecule has 2 rings (SSSR count). The predicted molar refractivity (Wildman–Crippen MR) is 87.7 cm³/mol. The number of nitrogens with two attached hydrogens (primary N) is 2. The lowest BCUT2D eigenvalue weighted by Crippen LogP contribution is -2.48. The minimum Gasteiger partial charge on any atom is -0.392 e. The van der Waals surface area contributed by atoms with E-state index in [4.69, 9.17) is 11.6 Å². The molecular formula is C15H29N4O+. The van der Waals surface area contributed by atoms with Crippen LogP contribution in [0.4, 0.5) is 17.1 Å². The fraction of sp³-hybridized carbons (Fsp3) is 0.600. The zero-order valence-electron chi connectivity index (χ0n) is 13.2. The Morgan fingerprint density at radius 1 is 1.10 bits per heavy atom. The predicted octanol–water partition coefficient (Wildman–Crippen LogP) is 1.96. The Labute approximate surface area is 122 Å². The van der Waals surface area contributed by atoms with Gasteiger partial charge < -0.3 is 15.4 Å². The summed E-state index contributed by atoms with van der Waals surface area (Å²) in [5.74, 6) is 6.10. The van der Waals surface area contributed by atoms with E-state index >= 15 is 0 Å². The molecular weight excluding hydrogens is 252 g/mol. The Hall–Kier alpha value is -1.30. The van der Waals surface area contributed by atoms with Crippen LogP contribution >= 0.6 is 0 Å². The maximum atomic E-state index is 6.26. The third-order valence-corrected chi connectivity index (χ3v) is 3.38. The summed E-state index contributed by atoms with van der Waals surface area (Å²) in [5.41, 5.74) is 9.20. The van der Waals surface area contributed by atoms with Crippen molar-refractivity contribution >= 4 is 17.1 Å². The van der Waals surface area contributed by atoms with Gasteiger partial charge in [0.2, 0.25) is 0 Å². The average Bonchev–Trinajstić information content (AvgIpc) is 2.39. The number of quaternary nitrogens is 1. The van der Waals surface area contributed by atoms with Crippen LogP contribution < -0.4 is 21.1 Å². The van der Waals surface area contributed by atoms with E-state index in [-0.39, 0.29) is 4.59 Å². The summed E-state index contributed by atoms with van der Waals surface area (Å²) in [4.78, 5) is 2.37. The van der Waals surface area contributed by atoms with Gasteiger partial charge in [-0.15, -0.1) is 0 Å². The van der Waals surface area contributed by atoms with Crippen LogP contribution in [0.2, 0.25) is 0 Å². The monoisotopic (exact) mass is 281 g/mol. The van der Waals surface area contributed by atoms with E-state index in [0.717, 1.165) is 30.2 Å². The second-order valence-corrected chi connectivity index (χ2v) is 5.71. The maximum absolute atomic E-state index is 6.26. The van der Waals surface area contributed by atoms with Crippen LogP contribution in [0.15, 0.2) is 18.2 Å². The summed E-state index contributed by atoms with van der Waals surface area (Å²) in [7, 11) is 7.12. The Morgan fingerprint density at radius 2 is 1.65 bits per heavy atom.